The SMILES string of the molecule is COc1cc2ccc1CNC(=O)COc1cc(ccc1C)C(=O)N[C@H]1CN(S(=O)(=O)c3ccc(NS(=O)(=O)N(C)C)cc3)CC[C@H]1O2. The van der Waals surface area contributed by atoms with Gasteiger partial charge in [0, 0.05) is 63.0 Å². The Morgan fingerprint density at radius 1 is 1.00 bits per heavy atom. The number of anilines is 1. The minimum atomic E-state index is -4.05. The normalized spacial score (nSPS) is 19.4. The molecule has 16 heteroatoms. The Balaban J connectivity index is 1.44. The van der Waals surface area contributed by atoms with E-state index in [0.29, 0.717) is 22.8 Å². The molecule has 252 valence electrons. The van der Waals surface area contributed by atoms with Crippen molar-refractivity contribution in [2.45, 2.75) is 36.9 Å². The van der Waals surface area contributed by atoms with E-state index in [2.05, 4.69) is 15.4 Å². The largest absolute Gasteiger partial charge is 0.496 e. The van der Waals surface area contributed by atoms with E-state index in [1.807, 2.05) is 0 Å². The van der Waals surface area contributed by atoms with Gasteiger partial charge in [-0.3, -0.25) is 14.3 Å². The third-order valence-electron chi connectivity index (χ3n) is 7.88. The summed E-state index contributed by atoms with van der Waals surface area (Å²) in [6.07, 6.45) is -0.367. The van der Waals surface area contributed by atoms with E-state index < -0.39 is 38.3 Å². The Hall–Kier alpha value is -4.38. The number of nitrogens with one attached hydrogen (secondary N) is 3. The molecule has 3 N–H and O–H groups in total. The summed E-state index contributed by atoms with van der Waals surface area (Å²) in [5, 5.41) is 5.75. The van der Waals surface area contributed by atoms with Gasteiger partial charge in [-0.2, -0.15) is 17.0 Å². The predicted molar refractivity (Wildman–Crippen MR) is 173 cm³/mol. The van der Waals surface area contributed by atoms with Crippen LogP contribution >= 0.6 is 0 Å². The van der Waals surface area contributed by atoms with Crippen LogP contribution in [0.4, 0.5) is 5.69 Å². The van der Waals surface area contributed by atoms with Gasteiger partial charge in [-0.15, -0.1) is 0 Å². The molecule has 3 aliphatic rings. The van der Waals surface area contributed by atoms with Crippen molar-refractivity contribution in [2.24, 2.45) is 0 Å². The van der Waals surface area contributed by atoms with Gasteiger partial charge in [0.2, 0.25) is 10.0 Å². The maximum atomic E-state index is 13.8. The van der Waals surface area contributed by atoms with Gasteiger partial charge >= 0.3 is 10.2 Å². The molecule has 2 amide bonds. The molecule has 3 aromatic rings. The van der Waals surface area contributed by atoms with E-state index in [9.17, 15) is 26.4 Å². The van der Waals surface area contributed by atoms with E-state index in [4.69, 9.17) is 14.2 Å². The Kier molecular flexibility index (Phi) is 9.95. The summed E-state index contributed by atoms with van der Waals surface area (Å²) >= 11 is 0. The van der Waals surface area contributed by atoms with E-state index >= 15 is 0 Å². The van der Waals surface area contributed by atoms with Crippen LogP contribution in [0, 0.1) is 6.92 Å². The third-order valence-corrected chi connectivity index (χ3v) is 11.2. The van der Waals surface area contributed by atoms with Gasteiger partial charge < -0.3 is 24.8 Å². The Labute approximate surface area is 274 Å². The maximum absolute atomic E-state index is 13.8. The van der Waals surface area contributed by atoms with Crippen molar-refractivity contribution in [3.05, 3.63) is 77.4 Å². The number of nitrogens with zero attached hydrogens (tertiary/aromatic N) is 2. The fraction of sp³-hybridized carbons (Fsp3) is 0.355. The van der Waals surface area contributed by atoms with Crippen molar-refractivity contribution in [3.8, 4) is 17.2 Å². The topological polar surface area (TPSA) is 173 Å². The number of carbonyl (C=O) groups excluding carboxylic acids is 2. The number of ether oxygens (including phenoxy) is 3. The number of carbonyl (C=O) groups is 2. The van der Waals surface area contributed by atoms with Crippen LogP contribution in [0.3, 0.4) is 0 Å². The molecule has 6 rings (SSSR count). The van der Waals surface area contributed by atoms with Gasteiger partial charge in [0.25, 0.3) is 11.8 Å². The predicted octanol–water partition coefficient (Wildman–Crippen LogP) is 1.87. The number of rotatable bonds is 6. The third kappa shape index (κ3) is 7.78. The van der Waals surface area contributed by atoms with Crippen molar-refractivity contribution < 1.29 is 40.6 Å². The number of aryl methyl sites for hydroxylation is 1. The molecule has 4 bridgehead atoms. The number of amides is 2. The minimum Gasteiger partial charge on any atom is -0.496 e. The van der Waals surface area contributed by atoms with Crippen LogP contribution in [0.2, 0.25) is 0 Å². The maximum Gasteiger partial charge on any atom is 0.301 e. The first-order chi connectivity index (χ1) is 22.3. The zero-order valence-corrected chi connectivity index (χ0v) is 28.0. The molecule has 2 atom stereocenters. The molecule has 1 saturated heterocycles. The smallest absolute Gasteiger partial charge is 0.301 e. The molecule has 0 unspecified atom stereocenters. The molecule has 14 nitrogen and oxygen atoms in total. The summed E-state index contributed by atoms with van der Waals surface area (Å²) < 4.78 is 74.1. The highest BCUT2D eigenvalue weighted by Gasteiger charge is 2.38. The van der Waals surface area contributed by atoms with Crippen molar-refractivity contribution >= 4 is 37.7 Å². The highest BCUT2D eigenvalue weighted by molar-refractivity contribution is 7.90. The van der Waals surface area contributed by atoms with Gasteiger partial charge in [0.1, 0.15) is 23.4 Å². The first-order valence-electron chi connectivity index (χ1n) is 14.7. The molecule has 3 aromatic carbocycles. The fourth-order valence-electron chi connectivity index (χ4n) is 5.14. The lowest BCUT2D eigenvalue weighted by molar-refractivity contribution is -0.123. The lowest BCUT2D eigenvalue weighted by Crippen LogP contribution is -2.58. The molecule has 0 saturated carbocycles. The first-order valence-corrected chi connectivity index (χ1v) is 17.6. The van der Waals surface area contributed by atoms with Crippen LogP contribution < -0.4 is 29.6 Å². The Bertz CT molecular complexity index is 1870. The van der Waals surface area contributed by atoms with Crippen LogP contribution in [-0.4, -0.2) is 90.3 Å². The van der Waals surface area contributed by atoms with Crippen LogP contribution in [0.1, 0.15) is 27.9 Å². The van der Waals surface area contributed by atoms with E-state index in [1.54, 1.807) is 37.3 Å². The van der Waals surface area contributed by atoms with Crippen molar-refractivity contribution in [2.75, 3.05) is 45.6 Å². The summed E-state index contributed by atoms with van der Waals surface area (Å²) in [5.74, 6) is 0.441. The number of sulfonamides is 1. The second-order valence-corrected chi connectivity index (χ2v) is 15.1. The number of methoxy groups -OCH3 is 1. The Morgan fingerprint density at radius 2 is 1.74 bits per heavy atom. The van der Waals surface area contributed by atoms with Gasteiger partial charge in [0.15, 0.2) is 6.61 Å². The standard InChI is InChI=1S/C31H37N5O9S2/c1-20-5-6-21-15-28(20)44-19-30(37)32-17-22-7-10-24(16-29(22)43-4)45-27-13-14-36(18-26(27)33-31(21)38)46(39,40)25-11-8-23(9-12-25)34-47(41,42)35(2)3/h5-12,15-16,26-27,34H,13-14,17-19H2,1-4H3,(H,32,37)(H,33,38)/t26-,27+/m0/s1. The summed E-state index contributed by atoms with van der Waals surface area (Å²) in [4.78, 5) is 26.0. The van der Waals surface area contributed by atoms with Crippen molar-refractivity contribution in [1.82, 2.24) is 19.2 Å². The highest BCUT2D eigenvalue weighted by atomic mass is 32.2. The van der Waals surface area contributed by atoms with Gasteiger partial charge in [-0.05, 0) is 61.0 Å². The van der Waals surface area contributed by atoms with E-state index in [1.165, 1.54) is 55.8 Å². The monoisotopic (exact) mass is 687 g/mol. The zero-order chi connectivity index (χ0) is 33.9. The number of benzene rings is 3. The van der Waals surface area contributed by atoms with Gasteiger partial charge in [-0.1, -0.05) is 6.07 Å². The molecule has 3 aliphatic heterocycles. The summed E-state index contributed by atoms with van der Waals surface area (Å²) in [7, 11) is -3.57. The van der Waals surface area contributed by atoms with Crippen molar-refractivity contribution in [1.29, 1.82) is 0 Å². The van der Waals surface area contributed by atoms with Crippen LogP contribution in [0.5, 0.6) is 17.2 Å². The average Bonchev–Trinajstić information content (AvgIpc) is 3.04. The highest BCUT2D eigenvalue weighted by Crippen LogP contribution is 2.30. The second-order valence-electron chi connectivity index (χ2n) is 11.3. The van der Waals surface area contributed by atoms with E-state index in [0.717, 1.165) is 9.87 Å². The molecule has 3 heterocycles. The summed E-state index contributed by atoms with van der Waals surface area (Å²) in [6.45, 7) is 1.71. The van der Waals surface area contributed by atoms with Gasteiger partial charge in [0.05, 0.1) is 18.0 Å². The number of hydrogen-bond donors (Lipinski definition) is 3. The van der Waals surface area contributed by atoms with Crippen molar-refractivity contribution in [3.63, 3.8) is 0 Å². The summed E-state index contributed by atoms with van der Waals surface area (Å²) in [5.41, 5.74) is 1.90. The molecule has 0 radical (unpaired) electrons. The zero-order valence-electron chi connectivity index (χ0n) is 26.3. The molecular weight excluding hydrogens is 651 g/mol. The first kappa shape index (κ1) is 34.0. The molecule has 0 aliphatic carbocycles. The van der Waals surface area contributed by atoms with Crippen LogP contribution in [0.15, 0.2) is 65.6 Å². The fourth-order valence-corrected chi connectivity index (χ4v) is 7.24. The second kappa shape index (κ2) is 13.8. The molecular formula is C31H37N5O9S2. The summed E-state index contributed by atoms with van der Waals surface area (Å²) in [6, 6.07) is 14.6. The number of piperidine rings is 1. The van der Waals surface area contributed by atoms with Crippen LogP contribution in [-0.2, 0) is 31.6 Å². The molecule has 0 aromatic heterocycles. The average molecular weight is 688 g/mol. The van der Waals surface area contributed by atoms with E-state index in [-0.39, 0.29) is 54.7 Å². The van der Waals surface area contributed by atoms with Crippen LogP contribution in [0.25, 0.3) is 0 Å². The number of hydrogen-bond acceptors (Lipinski definition) is 9. The van der Waals surface area contributed by atoms with Gasteiger partial charge in [-0.25, -0.2) is 8.42 Å². The lowest BCUT2D eigenvalue weighted by atomic mass is 10.0. The lowest BCUT2D eigenvalue weighted by Gasteiger charge is -2.38. The molecule has 0 spiro atoms. The Morgan fingerprint density at radius 3 is 2.45 bits per heavy atom. The number of fused-ring (bicyclic) bond motifs is 7. The molecule has 47 heavy (non-hydrogen) atoms. The molecule has 1 fully saturated rings. The minimum absolute atomic E-state index is 0.0379. The quantitative estimate of drug-likeness (QED) is 0.350.